The molecule has 2 saturated heterocycles. The van der Waals surface area contributed by atoms with E-state index in [9.17, 15) is 14.7 Å². The van der Waals surface area contributed by atoms with E-state index < -0.39 is 23.2 Å². The van der Waals surface area contributed by atoms with E-state index in [4.69, 9.17) is 9.47 Å². The molecule has 2 aliphatic carbocycles. The highest BCUT2D eigenvalue weighted by molar-refractivity contribution is 5.86. The number of aliphatic hydroxyl groups is 1. The molecule has 5 nitrogen and oxygen atoms in total. The lowest BCUT2D eigenvalue weighted by molar-refractivity contribution is -0.148. The average molecular weight is 348 g/mol. The predicted octanol–water partition coefficient (Wildman–Crippen LogP) is 2.27. The maximum absolute atomic E-state index is 13.0. The second-order valence-electron chi connectivity index (χ2n) is 9.38. The molecular formula is C20H28O5. The summed E-state index contributed by atoms with van der Waals surface area (Å²) in [4.78, 5) is 25.2. The number of rotatable bonds is 1. The average Bonchev–Trinajstić information content (AvgIpc) is 3.04. The number of hydrogen-bond acceptors (Lipinski definition) is 5. The van der Waals surface area contributed by atoms with Crippen LogP contribution in [0.4, 0.5) is 0 Å². The predicted molar refractivity (Wildman–Crippen MR) is 90.6 cm³/mol. The Morgan fingerprint density at radius 3 is 2.60 bits per heavy atom. The summed E-state index contributed by atoms with van der Waals surface area (Å²) in [5.41, 5.74) is -2.01. The topological polar surface area (TPSA) is 72.8 Å². The third kappa shape index (κ3) is 1.86. The lowest BCUT2D eigenvalue weighted by atomic mass is 9.63. The number of ether oxygens (including phenoxy) is 2. The summed E-state index contributed by atoms with van der Waals surface area (Å²) in [5.74, 6) is 0.0119. The van der Waals surface area contributed by atoms with Gasteiger partial charge < -0.3 is 14.6 Å². The highest BCUT2D eigenvalue weighted by Gasteiger charge is 2.74. The highest BCUT2D eigenvalue weighted by atomic mass is 16.6. The molecule has 2 heterocycles. The van der Waals surface area contributed by atoms with Crippen LogP contribution >= 0.6 is 0 Å². The van der Waals surface area contributed by atoms with Gasteiger partial charge in [-0.15, -0.1) is 0 Å². The maximum Gasteiger partial charge on any atom is 0.306 e. The summed E-state index contributed by atoms with van der Waals surface area (Å²) in [5, 5.41) is 11.8. The third-order valence-electron chi connectivity index (χ3n) is 7.81. The Balaban J connectivity index is 1.92. The molecule has 0 spiro atoms. The Morgan fingerprint density at radius 2 is 1.96 bits per heavy atom. The van der Waals surface area contributed by atoms with Crippen molar-refractivity contribution in [2.75, 3.05) is 6.61 Å². The minimum atomic E-state index is -1.41. The Hall–Kier alpha value is -1.20. The van der Waals surface area contributed by atoms with Crippen LogP contribution in [-0.4, -0.2) is 41.3 Å². The Labute approximate surface area is 148 Å². The van der Waals surface area contributed by atoms with Gasteiger partial charge in [-0.05, 0) is 29.2 Å². The van der Waals surface area contributed by atoms with Crippen LogP contribution < -0.4 is 0 Å². The van der Waals surface area contributed by atoms with Crippen LogP contribution in [0.3, 0.4) is 0 Å². The van der Waals surface area contributed by atoms with E-state index in [1.54, 1.807) is 0 Å². The zero-order valence-electron chi connectivity index (χ0n) is 15.5. The molecule has 0 bridgehead atoms. The van der Waals surface area contributed by atoms with E-state index in [1.807, 2.05) is 6.92 Å². The molecule has 25 heavy (non-hydrogen) atoms. The molecule has 138 valence electrons. The number of carbonyl (C=O) groups is 2. The van der Waals surface area contributed by atoms with Crippen LogP contribution in [-0.2, 0) is 19.1 Å². The standard InChI is InChI=1S/C20H28O5/c1-10(2)12-6-13(21)16-17-20(23,11(3)9-24-17)19(5)8-15(22)25-14(19)7-18(12,16)4/h10,12,14,16-17,23H,3,6-9H2,1-2,4-5H3/t12-,14+,16-,17-,18-,19+,20-/m1/s1. The minimum Gasteiger partial charge on any atom is -0.462 e. The van der Waals surface area contributed by atoms with Crippen molar-refractivity contribution in [3.8, 4) is 0 Å². The normalized spacial score (nSPS) is 52.0. The van der Waals surface area contributed by atoms with Gasteiger partial charge in [-0.2, -0.15) is 0 Å². The van der Waals surface area contributed by atoms with E-state index in [2.05, 4.69) is 27.4 Å². The van der Waals surface area contributed by atoms with E-state index in [0.29, 0.717) is 24.3 Å². The number of carbonyl (C=O) groups excluding carboxylic acids is 2. The summed E-state index contributed by atoms with van der Waals surface area (Å²) >= 11 is 0. The van der Waals surface area contributed by atoms with Crippen molar-refractivity contribution in [2.45, 2.75) is 64.8 Å². The number of ketones is 1. The number of hydrogen-bond donors (Lipinski definition) is 1. The van der Waals surface area contributed by atoms with Crippen molar-refractivity contribution < 1.29 is 24.2 Å². The molecule has 0 unspecified atom stereocenters. The zero-order valence-corrected chi connectivity index (χ0v) is 15.5. The van der Waals surface area contributed by atoms with Gasteiger partial charge in [0.25, 0.3) is 0 Å². The first-order chi connectivity index (χ1) is 11.6. The third-order valence-corrected chi connectivity index (χ3v) is 7.81. The number of esters is 1. The van der Waals surface area contributed by atoms with Gasteiger partial charge in [0.2, 0.25) is 0 Å². The summed E-state index contributed by atoms with van der Waals surface area (Å²) in [6, 6.07) is 0. The lowest BCUT2D eigenvalue weighted by Crippen LogP contribution is -2.58. The molecule has 0 aromatic heterocycles. The van der Waals surface area contributed by atoms with Gasteiger partial charge in [-0.25, -0.2) is 0 Å². The second-order valence-corrected chi connectivity index (χ2v) is 9.38. The van der Waals surface area contributed by atoms with Crippen molar-refractivity contribution in [1.29, 1.82) is 0 Å². The molecule has 4 fully saturated rings. The van der Waals surface area contributed by atoms with Gasteiger partial charge >= 0.3 is 5.97 Å². The van der Waals surface area contributed by atoms with Gasteiger partial charge in [0.15, 0.2) is 0 Å². The molecule has 0 aromatic rings. The van der Waals surface area contributed by atoms with Gasteiger partial charge in [0.05, 0.1) is 24.4 Å². The molecule has 2 aliphatic heterocycles. The Morgan fingerprint density at radius 1 is 1.28 bits per heavy atom. The highest BCUT2D eigenvalue weighted by Crippen LogP contribution is 2.65. The van der Waals surface area contributed by atoms with Gasteiger partial charge in [0.1, 0.15) is 23.6 Å². The van der Waals surface area contributed by atoms with Crippen LogP contribution in [0.5, 0.6) is 0 Å². The van der Waals surface area contributed by atoms with Crippen LogP contribution in [0.1, 0.15) is 47.0 Å². The Bertz CT molecular complexity index is 669. The van der Waals surface area contributed by atoms with Crippen molar-refractivity contribution in [1.82, 2.24) is 0 Å². The molecule has 1 N–H and O–H groups in total. The van der Waals surface area contributed by atoms with E-state index in [0.717, 1.165) is 0 Å². The van der Waals surface area contributed by atoms with Crippen LogP contribution in [0.25, 0.3) is 0 Å². The van der Waals surface area contributed by atoms with Crippen LogP contribution in [0.15, 0.2) is 12.2 Å². The largest absolute Gasteiger partial charge is 0.462 e. The van der Waals surface area contributed by atoms with Crippen molar-refractivity contribution >= 4 is 11.8 Å². The van der Waals surface area contributed by atoms with Crippen molar-refractivity contribution in [2.24, 2.45) is 28.6 Å². The number of fused-ring (bicyclic) bond motifs is 5. The number of Topliss-reactive ketones (excluding diaryl/α,β-unsaturated/α-hetero) is 1. The minimum absolute atomic E-state index is 0.135. The molecule has 5 heteroatoms. The van der Waals surface area contributed by atoms with Gasteiger partial charge in [-0.1, -0.05) is 34.3 Å². The molecule has 0 radical (unpaired) electrons. The first-order valence-electron chi connectivity index (χ1n) is 9.30. The van der Waals surface area contributed by atoms with Crippen LogP contribution in [0, 0.1) is 28.6 Å². The van der Waals surface area contributed by atoms with Gasteiger partial charge in [-0.3, -0.25) is 9.59 Å². The molecule has 4 aliphatic rings. The van der Waals surface area contributed by atoms with Crippen molar-refractivity contribution in [3.63, 3.8) is 0 Å². The second kappa shape index (κ2) is 4.95. The van der Waals surface area contributed by atoms with Crippen LogP contribution in [0.2, 0.25) is 0 Å². The monoisotopic (exact) mass is 348 g/mol. The first-order valence-corrected chi connectivity index (χ1v) is 9.30. The summed E-state index contributed by atoms with van der Waals surface area (Å²) in [7, 11) is 0. The fraction of sp³-hybridized carbons (Fsp3) is 0.800. The summed E-state index contributed by atoms with van der Waals surface area (Å²) in [6.45, 7) is 12.6. The molecule has 7 atom stereocenters. The fourth-order valence-electron chi connectivity index (χ4n) is 6.44. The SMILES string of the molecule is C=C1CO[C@@H]2[C@H]3C(=O)C[C@H](C(C)C)[C@@]3(C)C[C@@H]3OC(=O)C[C@]3(C)[C@@]12O. The quantitative estimate of drug-likeness (QED) is 0.581. The van der Waals surface area contributed by atoms with Crippen molar-refractivity contribution in [3.05, 3.63) is 12.2 Å². The molecule has 0 aromatic carbocycles. The Kier molecular flexibility index (Phi) is 3.41. The smallest absolute Gasteiger partial charge is 0.306 e. The van der Waals surface area contributed by atoms with E-state index >= 15 is 0 Å². The molecular weight excluding hydrogens is 320 g/mol. The fourth-order valence-corrected chi connectivity index (χ4v) is 6.44. The summed E-state index contributed by atoms with van der Waals surface area (Å²) in [6.07, 6.45) is 0.151. The molecule has 4 rings (SSSR count). The van der Waals surface area contributed by atoms with E-state index in [-0.39, 0.29) is 42.0 Å². The molecule has 2 saturated carbocycles. The maximum atomic E-state index is 13.0. The molecule has 0 amide bonds. The lowest BCUT2D eigenvalue weighted by Gasteiger charge is -2.44. The first kappa shape index (κ1) is 17.2. The summed E-state index contributed by atoms with van der Waals surface area (Å²) < 4.78 is 11.7. The van der Waals surface area contributed by atoms with Gasteiger partial charge in [0, 0.05) is 6.42 Å². The van der Waals surface area contributed by atoms with E-state index in [1.165, 1.54) is 0 Å². The zero-order chi connectivity index (χ0) is 18.4.